The van der Waals surface area contributed by atoms with Gasteiger partial charge in [0.2, 0.25) is 5.91 Å². The van der Waals surface area contributed by atoms with Gasteiger partial charge in [-0.25, -0.2) is 0 Å². The second kappa shape index (κ2) is 6.38. The molecule has 3 nitrogen and oxygen atoms in total. The minimum atomic E-state index is -0.00334. The molecule has 1 aromatic heterocycles. The van der Waals surface area contributed by atoms with E-state index in [2.05, 4.69) is 27.5 Å². The van der Waals surface area contributed by atoms with Gasteiger partial charge in [-0.1, -0.05) is 13.8 Å². The van der Waals surface area contributed by atoms with Crippen LogP contribution in [0.25, 0.3) is 0 Å². The van der Waals surface area contributed by atoms with Crippen molar-refractivity contribution in [3.63, 3.8) is 0 Å². The zero-order chi connectivity index (χ0) is 13.7. The summed E-state index contributed by atoms with van der Waals surface area (Å²) in [5.74, 6) is 0.0374. The van der Waals surface area contributed by atoms with Crippen LogP contribution in [0.4, 0.5) is 11.4 Å². The van der Waals surface area contributed by atoms with Gasteiger partial charge < -0.3 is 10.6 Å². The first kappa shape index (κ1) is 13.6. The molecule has 0 aliphatic carbocycles. The van der Waals surface area contributed by atoms with Crippen LogP contribution < -0.4 is 10.6 Å². The van der Waals surface area contributed by atoms with Crippen LogP contribution in [0.3, 0.4) is 0 Å². The Morgan fingerprint density at radius 3 is 2.42 bits per heavy atom. The summed E-state index contributed by atoms with van der Waals surface area (Å²) >= 11 is 1.70. The number of amides is 1. The third kappa shape index (κ3) is 4.10. The van der Waals surface area contributed by atoms with E-state index in [0.717, 1.165) is 17.9 Å². The molecular weight excluding hydrogens is 256 g/mol. The lowest BCUT2D eigenvalue weighted by molar-refractivity contribution is -0.118. The molecule has 0 saturated carbocycles. The summed E-state index contributed by atoms with van der Waals surface area (Å²) in [6.45, 7) is 4.58. The van der Waals surface area contributed by atoms with Crippen molar-refractivity contribution in [3.05, 3.63) is 46.7 Å². The van der Waals surface area contributed by atoms with E-state index in [1.54, 1.807) is 11.3 Å². The van der Waals surface area contributed by atoms with Gasteiger partial charge in [0, 0.05) is 23.8 Å². The Labute approximate surface area is 117 Å². The molecule has 1 amide bonds. The molecule has 100 valence electrons. The monoisotopic (exact) mass is 274 g/mol. The second-order valence-electron chi connectivity index (χ2n) is 4.71. The Kier molecular flexibility index (Phi) is 4.58. The predicted octanol–water partition coefficient (Wildman–Crippen LogP) is 3.95. The number of carbonyl (C=O) groups is 1. The van der Waals surface area contributed by atoms with E-state index in [4.69, 9.17) is 0 Å². The van der Waals surface area contributed by atoms with Crippen molar-refractivity contribution in [3.8, 4) is 0 Å². The van der Waals surface area contributed by atoms with Crippen LogP contribution >= 0.6 is 11.3 Å². The van der Waals surface area contributed by atoms with Crippen LogP contribution in [-0.2, 0) is 11.3 Å². The standard InChI is InChI=1S/C15H18N2OS/c1-11(2)15(18)17-14-5-3-13(4-6-14)16-9-12-7-8-19-10-12/h3-8,10-11,16H,9H2,1-2H3,(H,17,18). The first-order valence-corrected chi connectivity index (χ1v) is 7.25. The molecule has 0 unspecified atom stereocenters. The van der Waals surface area contributed by atoms with E-state index >= 15 is 0 Å². The van der Waals surface area contributed by atoms with Gasteiger partial charge in [-0.15, -0.1) is 0 Å². The molecule has 1 aromatic carbocycles. The molecule has 0 bridgehead atoms. The lowest BCUT2D eigenvalue weighted by atomic mass is 10.2. The molecule has 0 spiro atoms. The van der Waals surface area contributed by atoms with Crippen LogP contribution in [0.2, 0.25) is 0 Å². The summed E-state index contributed by atoms with van der Waals surface area (Å²) in [7, 11) is 0. The average molecular weight is 274 g/mol. The number of thiophene rings is 1. The van der Waals surface area contributed by atoms with Crippen molar-refractivity contribution in [1.82, 2.24) is 0 Å². The van der Waals surface area contributed by atoms with Gasteiger partial charge in [0.1, 0.15) is 0 Å². The zero-order valence-corrected chi connectivity index (χ0v) is 12.0. The average Bonchev–Trinajstić information content (AvgIpc) is 2.91. The normalized spacial score (nSPS) is 10.5. The molecule has 2 N–H and O–H groups in total. The number of rotatable bonds is 5. The number of anilines is 2. The zero-order valence-electron chi connectivity index (χ0n) is 11.1. The van der Waals surface area contributed by atoms with Gasteiger partial charge in [-0.2, -0.15) is 11.3 Å². The lowest BCUT2D eigenvalue weighted by Gasteiger charge is -2.09. The molecule has 4 heteroatoms. The molecule has 2 rings (SSSR count). The van der Waals surface area contributed by atoms with Crippen molar-refractivity contribution >= 4 is 28.6 Å². The summed E-state index contributed by atoms with van der Waals surface area (Å²) in [4.78, 5) is 11.6. The highest BCUT2D eigenvalue weighted by atomic mass is 32.1. The maximum Gasteiger partial charge on any atom is 0.226 e. The van der Waals surface area contributed by atoms with Crippen LogP contribution in [0.15, 0.2) is 41.1 Å². The highest BCUT2D eigenvalue weighted by molar-refractivity contribution is 7.07. The highest BCUT2D eigenvalue weighted by Gasteiger charge is 2.06. The van der Waals surface area contributed by atoms with Crippen LogP contribution in [0.1, 0.15) is 19.4 Å². The number of hydrogen-bond donors (Lipinski definition) is 2. The van der Waals surface area contributed by atoms with E-state index in [1.807, 2.05) is 38.1 Å². The van der Waals surface area contributed by atoms with Crippen LogP contribution in [-0.4, -0.2) is 5.91 Å². The van der Waals surface area contributed by atoms with Gasteiger partial charge in [0.05, 0.1) is 0 Å². The summed E-state index contributed by atoms with van der Waals surface area (Å²) < 4.78 is 0. The number of hydrogen-bond acceptors (Lipinski definition) is 3. The largest absolute Gasteiger partial charge is 0.381 e. The van der Waals surface area contributed by atoms with Crippen molar-refractivity contribution in [2.45, 2.75) is 20.4 Å². The van der Waals surface area contributed by atoms with E-state index in [0.29, 0.717) is 0 Å². The Morgan fingerprint density at radius 2 is 1.84 bits per heavy atom. The maximum absolute atomic E-state index is 11.6. The van der Waals surface area contributed by atoms with E-state index < -0.39 is 0 Å². The molecule has 0 aliphatic heterocycles. The highest BCUT2D eigenvalue weighted by Crippen LogP contribution is 2.16. The number of carbonyl (C=O) groups excluding carboxylic acids is 1. The van der Waals surface area contributed by atoms with Crippen molar-refractivity contribution < 1.29 is 4.79 Å². The quantitative estimate of drug-likeness (QED) is 0.866. The maximum atomic E-state index is 11.6. The fourth-order valence-corrected chi connectivity index (χ4v) is 2.22. The molecule has 0 fully saturated rings. The fraction of sp³-hybridized carbons (Fsp3) is 0.267. The second-order valence-corrected chi connectivity index (χ2v) is 5.49. The molecule has 0 aliphatic rings. The van der Waals surface area contributed by atoms with Gasteiger partial charge >= 0.3 is 0 Å². The molecular formula is C15H18N2OS. The van der Waals surface area contributed by atoms with Crippen LogP contribution in [0, 0.1) is 5.92 Å². The molecule has 19 heavy (non-hydrogen) atoms. The third-order valence-electron chi connectivity index (χ3n) is 2.75. The first-order chi connectivity index (χ1) is 9.15. The smallest absolute Gasteiger partial charge is 0.226 e. The molecule has 0 radical (unpaired) electrons. The summed E-state index contributed by atoms with van der Waals surface area (Å²) in [5.41, 5.74) is 3.16. The number of benzene rings is 1. The Hall–Kier alpha value is -1.81. The molecule has 1 heterocycles. The Balaban J connectivity index is 1.89. The van der Waals surface area contributed by atoms with Crippen molar-refractivity contribution in [2.24, 2.45) is 5.92 Å². The minimum Gasteiger partial charge on any atom is -0.381 e. The topological polar surface area (TPSA) is 41.1 Å². The predicted molar refractivity (Wildman–Crippen MR) is 81.6 cm³/mol. The van der Waals surface area contributed by atoms with Gasteiger partial charge in [0.15, 0.2) is 0 Å². The fourth-order valence-electron chi connectivity index (χ4n) is 1.56. The SMILES string of the molecule is CC(C)C(=O)Nc1ccc(NCc2ccsc2)cc1. The van der Waals surface area contributed by atoms with Gasteiger partial charge in [0.25, 0.3) is 0 Å². The van der Waals surface area contributed by atoms with E-state index in [-0.39, 0.29) is 11.8 Å². The molecule has 2 aromatic rings. The minimum absolute atomic E-state index is 0.00334. The summed E-state index contributed by atoms with van der Waals surface area (Å²) in [6.07, 6.45) is 0. The Morgan fingerprint density at radius 1 is 1.16 bits per heavy atom. The van der Waals surface area contributed by atoms with Gasteiger partial charge in [-0.3, -0.25) is 4.79 Å². The Bertz CT molecular complexity index is 518. The van der Waals surface area contributed by atoms with E-state index in [9.17, 15) is 4.79 Å². The van der Waals surface area contributed by atoms with Crippen molar-refractivity contribution in [1.29, 1.82) is 0 Å². The lowest BCUT2D eigenvalue weighted by Crippen LogP contribution is -2.17. The summed E-state index contributed by atoms with van der Waals surface area (Å²) in [5, 5.41) is 10.4. The van der Waals surface area contributed by atoms with Gasteiger partial charge in [-0.05, 0) is 46.7 Å². The third-order valence-corrected chi connectivity index (χ3v) is 3.49. The van der Waals surface area contributed by atoms with Crippen molar-refractivity contribution in [2.75, 3.05) is 10.6 Å². The molecule has 0 saturated heterocycles. The van der Waals surface area contributed by atoms with E-state index in [1.165, 1.54) is 5.56 Å². The first-order valence-electron chi connectivity index (χ1n) is 6.31. The number of nitrogens with one attached hydrogen (secondary N) is 2. The summed E-state index contributed by atoms with van der Waals surface area (Å²) in [6, 6.07) is 9.88. The van der Waals surface area contributed by atoms with Crippen LogP contribution in [0.5, 0.6) is 0 Å². The molecule has 0 atom stereocenters.